The van der Waals surface area contributed by atoms with Crippen LogP contribution in [0.5, 0.6) is 0 Å². The van der Waals surface area contributed by atoms with E-state index >= 15 is 0 Å². The predicted octanol–water partition coefficient (Wildman–Crippen LogP) is 3.49. The molecule has 0 bridgehead atoms. The lowest BCUT2D eigenvalue weighted by Gasteiger charge is -2.40. The Kier molecular flexibility index (Phi) is 5.92. The molecule has 4 unspecified atom stereocenters. The van der Waals surface area contributed by atoms with Crippen molar-refractivity contribution in [1.29, 1.82) is 0 Å². The highest BCUT2D eigenvalue weighted by molar-refractivity contribution is 7.59. The molecule has 18 heavy (non-hydrogen) atoms. The van der Waals surface area contributed by atoms with E-state index in [1.165, 1.54) is 38.3 Å². The summed E-state index contributed by atoms with van der Waals surface area (Å²) >= 11 is 0. The zero-order chi connectivity index (χ0) is 13.0. The second kappa shape index (κ2) is 7.22. The Hall–Kier alpha value is 0.350. The van der Waals surface area contributed by atoms with Crippen LogP contribution in [-0.4, -0.2) is 39.9 Å². The Labute approximate surface area is 113 Å². The van der Waals surface area contributed by atoms with E-state index in [9.17, 15) is 10.2 Å². The van der Waals surface area contributed by atoms with Crippen LogP contribution in [0, 0.1) is 0 Å². The third kappa shape index (κ3) is 3.92. The zero-order valence-corrected chi connectivity index (χ0v) is 12.6. The van der Waals surface area contributed by atoms with E-state index in [0.717, 1.165) is 37.0 Å². The van der Waals surface area contributed by atoms with Crippen molar-refractivity contribution in [2.24, 2.45) is 0 Å². The molecule has 0 aliphatic heterocycles. The van der Waals surface area contributed by atoms with Gasteiger partial charge in [-0.15, -0.1) is 7.92 Å². The smallest absolute Gasteiger partial charge is 0.0546 e. The van der Waals surface area contributed by atoms with Crippen molar-refractivity contribution in [3.05, 3.63) is 0 Å². The molecule has 106 valence electrons. The van der Waals surface area contributed by atoms with Crippen LogP contribution in [0.4, 0.5) is 0 Å². The molecule has 2 saturated carbocycles. The molecule has 0 spiro atoms. The highest BCUT2D eigenvalue weighted by Gasteiger charge is 2.34. The number of hydrogen-bond acceptors (Lipinski definition) is 2. The predicted molar refractivity (Wildman–Crippen MR) is 78.6 cm³/mol. The van der Waals surface area contributed by atoms with Crippen LogP contribution >= 0.6 is 7.92 Å². The molecule has 0 aromatic carbocycles. The van der Waals surface area contributed by atoms with Crippen molar-refractivity contribution >= 4 is 7.92 Å². The fourth-order valence-corrected chi connectivity index (χ4v) is 7.70. The van der Waals surface area contributed by atoms with Crippen LogP contribution in [0.15, 0.2) is 0 Å². The van der Waals surface area contributed by atoms with Gasteiger partial charge in [0.15, 0.2) is 0 Å². The third-order valence-corrected chi connectivity index (χ3v) is 8.44. The Morgan fingerprint density at radius 3 is 1.78 bits per heavy atom. The van der Waals surface area contributed by atoms with E-state index < -0.39 is 0 Å². The SMILES string of the molecule is CCCP(C1CCCC(O)C1)C1CCCC(O)C1. The number of aliphatic hydroxyl groups is 2. The molecule has 0 saturated heterocycles. The maximum absolute atomic E-state index is 9.91. The molecule has 2 nitrogen and oxygen atoms in total. The topological polar surface area (TPSA) is 40.5 Å². The van der Waals surface area contributed by atoms with Gasteiger partial charge in [-0.3, -0.25) is 0 Å². The number of rotatable bonds is 4. The molecule has 3 heteroatoms. The molecule has 2 fully saturated rings. The largest absolute Gasteiger partial charge is 0.393 e. The lowest BCUT2D eigenvalue weighted by Crippen LogP contribution is -2.30. The average molecular weight is 272 g/mol. The molecule has 0 radical (unpaired) electrons. The second-order valence-electron chi connectivity index (χ2n) is 6.19. The summed E-state index contributed by atoms with van der Waals surface area (Å²) in [6.07, 6.45) is 11.7. The van der Waals surface area contributed by atoms with E-state index in [2.05, 4.69) is 6.92 Å². The summed E-state index contributed by atoms with van der Waals surface area (Å²) in [6.45, 7) is 2.29. The normalized spacial score (nSPS) is 39.5. The Bertz CT molecular complexity index is 225. The van der Waals surface area contributed by atoms with Crippen LogP contribution in [-0.2, 0) is 0 Å². The van der Waals surface area contributed by atoms with Gasteiger partial charge in [0.1, 0.15) is 0 Å². The van der Waals surface area contributed by atoms with Crippen molar-refractivity contribution < 1.29 is 10.2 Å². The average Bonchev–Trinajstić information content (AvgIpc) is 2.36. The van der Waals surface area contributed by atoms with E-state index in [-0.39, 0.29) is 20.1 Å². The van der Waals surface area contributed by atoms with E-state index in [0.29, 0.717) is 0 Å². The quantitative estimate of drug-likeness (QED) is 0.769. The van der Waals surface area contributed by atoms with Crippen molar-refractivity contribution in [2.45, 2.75) is 88.2 Å². The van der Waals surface area contributed by atoms with E-state index in [4.69, 9.17) is 0 Å². The Morgan fingerprint density at radius 2 is 1.39 bits per heavy atom. The van der Waals surface area contributed by atoms with Gasteiger partial charge < -0.3 is 10.2 Å². The van der Waals surface area contributed by atoms with Crippen LogP contribution in [0.3, 0.4) is 0 Å². The second-order valence-corrected chi connectivity index (χ2v) is 9.12. The van der Waals surface area contributed by atoms with Crippen molar-refractivity contribution in [2.75, 3.05) is 6.16 Å². The van der Waals surface area contributed by atoms with Gasteiger partial charge in [-0.1, -0.05) is 26.2 Å². The van der Waals surface area contributed by atoms with Crippen LogP contribution in [0.1, 0.15) is 64.7 Å². The molecule has 0 aromatic rings. The standard InChI is InChI=1S/C15H29O2P/c1-2-9-18(14-7-3-5-12(16)10-14)15-8-4-6-13(17)11-15/h12-17H,2-11H2,1H3. The lowest BCUT2D eigenvalue weighted by molar-refractivity contribution is 0.127. The zero-order valence-electron chi connectivity index (χ0n) is 11.7. The molecule has 2 aliphatic rings. The van der Waals surface area contributed by atoms with Crippen LogP contribution in [0.2, 0.25) is 0 Å². The summed E-state index contributed by atoms with van der Waals surface area (Å²) in [6, 6.07) is 0. The van der Waals surface area contributed by atoms with Crippen LogP contribution < -0.4 is 0 Å². The van der Waals surface area contributed by atoms with Crippen molar-refractivity contribution in [1.82, 2.24) is 0 Å². The summed E-state index contributed by atoms with van der Waals surface area (Å²) in [5, 5.41) is 19.8. The van der Waals surface area contributed by atoms with Gasteiger partial charge in [0, 0.05) is 0 Å². The van der Waals surface area contributed by atoms with Gasteiger partial charge in [-0.2, -0.15) is 0 Å². The minimum absolute atomic E-state index is 0.0297. The number of aliphatic hydroxyl groups excluding tert-OH is 2. The summed E-state index contributed by atoms with van der Waals surface area (Å²) in [4.78, 5) is 0. The highest BCUT2D eigenvalue weighted by atomic mass is 31.1. The van der Waals surface area contributed by atoms with Crippen molar-refractivity contribution in [3.8, 4) is 0 Å². The Morgan fingerprint density at radius 1 is 0.889 bits per heavy atom. The summed E-state index contributed by atoms with van der Waals surface area (Å²) in [5.74, 6) is 0. The minimum Gasteiger partial charge on any atom is -0.393 e. The van der Waals surface area contributed by atoms with Crippen LogP contribution in [0.25, 0.3) is 0 Å². The van der Waals surface area contributed by atoms with Crippen molar-refractivity contribution in [3.63, 3.8) is 0 Å². The van der Waals surface area contributed by atoms with Gasteiger partial charge in [-0.05, 0) is 56.0 Å². The first-order chi connectivity index (χ1) is 8.70. The molecule has 2 N–H and O–H groups in total. The maximum Gasteiger partial charge on any atom is 0.0546 e. The first-order valence-electron chi connectivity index (χ1n) is 7.82. The first kappa shape index (κ1) is 14.8. The fraction of sp³-hybridized carbons (Fsp3) is 1.00. The third-order valence-electron chi connectivity index (χ3n) is 4.66. The van der Waals surface area contributed by atoms with E-state index in [1.54, 1.807) is 0 Å². The summed E-state index contributed by atoms with van der Waals surface area (Å²) < 4.78 is 0. The fourth-order valence-electron chi connectivity index (χ4n) is 3.80. The van der Waals surface area contributed by atoms with E-state index in [1.807, 2.05) is 0 Å². The molecule has 2 rings (SSSR count). The van der Waals surface area contributed by atoms with Gasteiger partial charge in [0.05, 0.1) is 12.2 Å². The summed E-state index contributed by atoms with van der Waals surface area (Å²) in [5.41, 5.74) is 1.55. The lowest BCUT2D eigenvalue weighted by atomic mass is 9.97. The van der Waals surface area contributed by atoms with Gasteiger partial charge in [0.25, 0.3) is 0 Å². The molecule has 2 aliphatic carbocycles. The molecule has 4 atom stereocenters. The molecular formula is C15H29O2P. The van der Waals surface area contributed by atoms with Gasteiger partial charge in [0.2, 0.25) is 0 Å². The number of hydrogen-bond donors (Lipinski definition) is 2. The molecule has 0 aromatic heterocycles. The highest BCUT2D eigenvalue weighted by Crippen LogP contribution is 2.55. The summed E-state index contributed by atoms with van der Waals surface area (Å²) in [7, 11) is 0.0297. The van der Waals surface area contributed by atoms with Gasteiger partial charge in [-0.25, -0.2) is 0 Å². The maximum atomic E-state index is 9.91. The minimum atomic E-state index is -0.0425. The molecule has 0 amide bonds. The Balaban J connectivity index is 1.97. The molecular weight excluding hydrogens is 243 g/mol. The first-order valence-corrected chi connectivity index (χ1v) is 9.49. The monoisotopic (exact) mass is 272 g/mol. The molecule has 0 heterocycles. The van der Waals surface area contributed by atoms with Gasteiger partial charge >= 0.3 is 0 Å².